The van der Waals surface area contributed by atoms with E-state index < -0.39 is 30.0 Å². The summed E-state index contributed by atoms with van der Waals surface area (Å²) >= 11 is 0. The van der Waals surface area contributed by atoms with E-state index >= 15 is 0 Å². The highest BCUT2D eigenvalue weighted by Gasteiger charge is 2.37. The molecule has 0 aliphatic heterocycles. The second kappa shape index (κ2) is 11.2. The van der Waals surface area contributed by atoms with Gasteiger partial charge in [0, 0.05) is 26.2 Å². The number of aryl methyl sites for hydroxylation is 2. The fourth-order valence-corrected chi connectivity index (χ4v) is 4.31. The number of halogens is 6. The van der Waals surface area contributed by atoms with Gasteiger partial charge in [-0.3, -0.25) is 0 Å². The maximum Gasteiger partial charge on any atom is 0.416 e. The lowest BCUT2D eigenvalue weighted by molar-refractivity contribution is -0.143. The number of hydrogen-bond acceptors (Lipinski definition) is 5. The molecule has 6 nitrogen and oxygen atoms in total. The Labute approximate surface area is 229 Å². The van der Waals surface area contributed by atoms with Crippen LogP contribution in [0.25, 0.3) is 11.2 Å². The normalized spacial score (nSPS) is 15.4. The van der Waals surface area contributed by atoms with Crippen LogP contribution in [0.3, 0.4) is 0 Å². The van der Waals surface area contributed by atoms with E-state index in [2.05, 4.69) is 11.9 Å². The topological polar surface area (TPSA) is 61.0 Å². The largest absolute Gasteiger partial charge is 0.416 e. The molecule has 1 aromatic carbocycles. The molecule has 40 heavy (non-hydrogen) atoms. The predicted molar refractivity (Wildman–Crippen MR) is 139 cm³/mol. The second-order valence-electron chi connectivity index (χ2n) is 10.9. The van der Waals surface area contributed by atoms with Gasteiger partial charge in [-0.15, -0.1) is 0 Å². The quantitative estimate of drug-likeness (QED) is 0.174. The molecule has 2 aliphatic carbocycles. The first-order chi connectivity index (χ1) is 18.7. The van der Waals surface area contributed by atoms with E-state index in [9.17, 15) is 31.6 Å². The third-order valence-electron chi connectivity index (χ3n) is 7.10. The number of alkyl halides is 6. The Morgan fingerprint density at radius 3 is 2.00 bits per heavy atom. The first kappa shape index (κ1) is 29.5. The predicted octanol–water partition coefficient (Wildman–Crippen LogP) is 7.06. The molecule has 2 aromatic heterocycles. The van der Waals surface area contributed by atoms with Crippen LogP contribution in [0.5, 0.6) is 0 Å². The molecule has 2 saturated carbocycles. The van der Waals surface area contributed by atoms with E-state index in [4.69, 9.17) is 4.98 Å². The zero-order valence-corrected chi connectivity index (χ0v) is 22.9. The zero-order chi connectivity index (χ0) is 29.4. The van der Waals surface area contributed by atoms with Crippen molar-refractivity contribution in [3.63, 3.8) is 0 Å². The number of anilines is 1. The van der Waals surface area contributed by atoms with E-state index in [0.717, 1.165) is 36.0 Å². The third kappa shape index (κ3) is 7.37. The van der Waals surface area contributed by atoms with Gasteiger partial charge < -0.3 is 14.4 Å². The second-order valence-corrected chi connectivity index (χ2v) is 10.9. The summed E-state index contributed by atoms with van der Waals surface area (Å²) < 4.78 is 81.4. The Hall–Kier alpha value is -3.49. The molecule has 2 aliphatic rings. The molecule has 216 valence electrons. The molecule has 2 fully saturated rings. The van der Waals surface area contributed by atoms with Crippen molar-refractivity contribution in [1.82, 2.24) is 19.4 Å². The number of hydrogen-bond donors (Lipinski definition) is 0. The van der Waals surface area contributed by atoms with Crippen LogP contribution in [0.4, 0.5) is 32.2 Å². The summed E-state index contributed by atoms with van der Waals surface area (Å²) in [7, 11) is 3.70. The fraction of sp³-hybridized carbons (Fsp3) is 0.536. The van der Waals surface area contributed by atoms with Crippen LogP contribution in [0.2, 0.25) is 0 Å². The summed E-state index contributed by atoms with van der Waals surface area (Å²) in [5.74, 6) is 2.94. The lowest BCUT2D eigenvalue weighted by Gasteiger charge is -2.24. The SMILES string of the molecule is CC1CC1.Cc1nc2cc(CN(C#N)Cc3cc(C(F)(F)F)cc(C(F)(F)F)c3)c(N(C)CC3CC3)nc2n1C. The Bertz CT molecular complexity index is 1360. The minimum Gasteiger partial charge on any atom is -0.359 e. The molecule has 12 heteroatoms. The van der Waals surface area contributed by atoms with Gasteiger partial charge in [0.1, 0.15) is 17.2 Å². The van der Waals surface area contributed by atoms with Crippen LogP contribution >= 0.6 is 0 Å². The molecule has 0 unspecified atom stereocenters. The average Bonchev–Trinajstić information content (AvgIpc) is 3.80. The van der Waals surface area contributed by atoms with Gasteiger partial charge in [0.05, 0.1) is 24.2 Å². The van der Waals surface area contributed by atoms with Crippen molar-refractivity contribution in [2.24, 2.45) is 18.9 Å². The highest BCUT2D eigenvalue weighted by Crippen LogP contribution is 2.37. The highest BCUT2D eigenvalue weighted by molar-refractivity contribution is 5.76. The van der Waals surface area contributed by atoms with Crippen molar-refractivity contribution in [2.45, 2.75) is 65.0 Å². The van der Waals surface area contributed by atoms with Crippen molar-refractivity contribution in [3.05, 3.63) is 52.3 Å². The first-order valence-electron chi connectivity index (χ1n) is 13.1. The molecule has 0 N–H and O–H groups in total. The molecule has 2 heterocycles. The van der Waals surface area contributed by atoms with E-state index in [1.807, 2.05) is 36.7 Å². The Balaban J connectivity index is 0.000000848. The van der Waals surface area contributed by atoms with Gasteiger partial charge in [0.25, 0.3) is 0 Å². The molecule has 0 saturated heterocycles. The Morgan fingerprint density at radius 1 is 0.950 bits per heavy atom. The van der Waals surface area contributed by atoms with Gasteiger partial charge in [-0.25, -0.2) is 9.97 Å². The number of imidazole rings is 1. The molecule has 0 amide bonds. The van der Waals surface area contributed by atoms with Crippen molar-refractivity contribution >= 4 is 17.0 Å². The minimum absolute atomic E-state index is 0.0585. The molecular weight excluding hydrogens is 534 g/mol. The number of aromatic nitrogens is 3. The Kier molecular flexibility index (Phi) is 8.24. The fourth-order valence-electron chi connectivity index (χ4n) is 4.31. The highest BCUT2D eigenvalue weighted by atomic mass is 19.4. The summed E-state index contributed by atoms with van der Waals surface area (Å²) in [6.07, 6.45) is -2.84. The summed E-state index contributed by atoms with van der Waals surface area (Å²) in [5, 5.41) is 9.73. The summed E-state index contributed by atoms with van der Waals surface area (Å²) in [6.45, 7) is 4.35. The van der Waals surface area contributed by atoms with Crippen LogP contribution in [0, 0.1) is 30.2 Å². The van der Waals surface area contributed by atoms with Crippen LogP contribution in [0.1, 0.15) is 60.7 Å². The van der Waals surface area contributed by atoms with E-state index in [0.29, 0.717) is 40.6 Å². The van der Waals surface area contributed by atoms with Crippen LogP contribution in [-0.2, 0) is 32.5 Å². The van der Waals surface area contributed by atoms with Gasteiger partial charge >= 0.3 is 12.4 Å². The molecular formula is C28H32F6N6. The number of rotatable bonds is 7. The Morgan fingerprint density at radius 2 is 1.52 bits per heavy atom. The lowest BCUT2D eigenvalue weighted by atomic mass is 10.0. The van der Waals surface area contributed by atoms with Crippen molar-refractivity contribution < 1.29 is 26.3 Å². The van der Waals surface area contributed by atoms with Gasteiger partial charge in [0.2, 0.25) is 0 Å². The summed E-state index contributed by atoms with van der Waals surface area (Å²) in [6, 6.07) is 3.13. The maximum absolute atomic E-state index is 13.3. The molecule has 5 rings (SSSR count). The molecule has 3 aromatic rings. The molecule has 0 bridgehead atoms. The molecule has 0 radical (unpaired) electrons. The molecule has 0 atom stereocenters. The summed E-state index contributed by atoms with van der Waals surface area (Å²) in [5.41, 5.74) is -1.26. The standard InChI is InChI=1S/C24H24F6N6.C4H8/c1-14-32-20-8-17(21(33-22(20)35(14)3)34(2)10-15-4-5-15)12-36(13-31)11-16-6-18(23(25,26)27)9-19(7-16)24(28,29)30;1-4-2-3-4/h6-9,15H,4-5,10-12H2,1-3H3;4H,2-3H2,1H3. The number of pyridine rings is 1. The van der Waals surface area contributed by atoms with Crippen LogP contribution in [-0.4, -0.2) is 33.0 Å². The number of fused-ring (bicyclic) bond motifs is 1. The van der Waals surface area contributed by atoms with Crippen molar-refractivity contribution in [1.29, 1.82) is 5.26 Å². The van der Waals surface area contributed by atoms with E-state index in [1.54, 1.807) is 6.07 Å². The maximum atomic E-state index is 13.3. The van der Waals surface area contributed by atoms with Gasteiger partial charge in [-0.05, 0) is 61.4 Å². The first-order valence-corrected chi connectivity index (χ1v) is 13.1. The third-order valence-corrected chi connectivity index (χ3v) is 7.10. The van der Waals surface area contributed by atoms with Crippen molar-refractivity contribution in [3.8, 4) is 6.19 Å². The van der Waals surface area contributed by atoms with Gasteiger partial charge in [-0.2, -0.15) is 31.6 Å². The average molecular weight is 567 g/mol. The van der Waals surface area contributed by atoms with Crippen LogP contribution in [0.15, 0.2) is 24.3 Å². The van der Waals surface area contributed by atoms with Gasteiger partial charge in [0.15, 0.2) is 11.8 Å². The lowest BCUT2D eigenvalue weighted by Crippen LogP contribution is -2.25. The smallest absolute Gasteiger partial charge is 0.359 e. The van der Waals surface area contributed by atoms with Crippen molar-refractivity contribution in [2.75, 3.05) is 18.5 Å². The summed E-state index contributed by atoms with van der Waals surface area (Å²) in [4.78, 5) is 12.3. The molecule has 0 spiro atoms. The monoisotopic (exact) mass is 566 g/mol. The number of benzene rings is 1. The van der Waals surface area contributed by atoms with Crippen LogP contribution < -0.4 is 4.90 Å². The number of nitrogens with zero attached hydrogens (tertiary/aromatic N) is 6. The number of nitriles is 1. The zero-order valence-electron chi connectivity index (χ0n) is 22.9. The van der Waals surface area contributed by atoms with Gasteiger partial charge in [-0.1, -0.05) is 19.8 Å². The van der Waals surface area contributed by atoms with E-state index in [1.165, 1.54) is 12.8 Å². The minimum atomic E-state index is -4.96. The van der Waals surface area contributed by atoms with E-state index in [-0.39, 0.29) is 18.2 Å².